The number of morpholine rings is 1. The van der Waals surface area contributed by atoms with Crippen molar-refractivity contribution < 1.29 is 19.1 Å². The maximum atomic E-state index is 13.0. The summed E-state index contributed by atoms with van der Waals surface area (Å²) in [5.74, 6) is -0.755. The Balaban J connectivity index is 1.41. The first kappa shape index (κ1) is 21.8. The molecule has 0 unspecified atom stereocenters. The van der Waals surface area contributed by atoms with Crippen LogP contribution in [0.2, 0.25) is 0 Å². The van der Waals surface area contributed by atoms with Gasteiger partial charge in [-0.1, -0.05) is 72.8 Å². The van der Waals surface area contributed by atoms with Gasteiger partial charge in [-0.05, 0) is 23.3 Å². The highest BCUT2D eigenvalue weighted by molar-refractivity contribution is 6.05. The number of carbonyl (C=O) groups is 2. The Bertz CT molecular complexity index is 1310. The summed E-state index contributed by atoms with van der Waals surface area (Å²) >= 11 is 0. The minimum atomic E-state index is -0.539. The van der Waals surface area contributed by atoms with Crippen molar-refractivity contribution in [2.24, 2.45) is 0 Å². The van der Waals surface area contributed by atoms with Gasteiger partial charge >= 0.3 is 5.97 Å². The zero-order valence-electron chi connectivity index (χ0n) is 18.6. The lowest BCUT2D eigenvalue weighted by molar-refractivity contribution is -0.138. The molecule has 0 aliphatic carbocycles. The van der Waals surface area contributed by atoms with Gasteiger partial charge < -0.3 is 14.4 Å². The van der Waals surface area contributed by atoms with E-state index in [0.717, 1.165) is 16.7 Å². The molecule has 170 valence electrons. The Hall–Kier alpha value is -4.03. The number of carbonyl (C=O) groups excluding carboxylic acids is 2. The molecular formula is C28H24N2O4. The summed E-state index contributed by atoms with van der Waals surface area (Å²) in [4.78, 5) is 31.9. The van der Waals surface area contributed by atoms with Gasteiger partial charge in [-0.15, -0.1) is 0 Å². The van der Waals surface area contributed by atoms with E-state index in [-0.39, 0.29) is 12.5 Å². The highest BCUT2D eigenvalue weighted by atomic mass is 16.5. The Morgan fingerprint density at radius 2 is 1.47 bits per heavy atom. The third kappa shape index (κ3) is 4.67. The predicted molar refractivity (Wildman–Crippen MR) is 130 cm³/mol. The molecule has 1 amide bonds. The van der Waals surface area contributed by atoms with E-state index in [9.17, 15) is 9.59 Å². The third-order valence-corrected chi connectivity index (χ3v) is 5.91. The Labute approximate surface area is 197 Å². The van der Waals surface area contributed by atoms with Gasteiger partial charge in [0.1, 0.15) is 0 Å². The fourth-order valence-electron chi connectivity index (χ4n) is 4.07. The van der Waals surface area contributed by atoms with Crippen LogP contribution in [0, 0.1) is 0 Å². The zero-order valence-corrected chi connectivity index (χ0v) is 18.6. The zero-order chi connectivity index (χ0) is 23.3. The number of benzene rings is 3. The number of nitrogens with zero attached hydrogens (tertiary/aromatic N) is 2. The number of amides is 1. The normalized spacial score (nSPS) is 13.6. The van der Waals surface area contributed by atoms with Gasteiger partial charge in [0.25, 0.3) is 5.91 Å². The minimum absolute atomic E-state index is 0.216. The molecule has 1 aliphatic heterocycles. The molecule has 1 saturated heterocycles. The molecule has 6 nitrogen and oxygen atoms in total. The summed E-state index contributed by atoms with van der Waals surface area (Å²) in [6, 6.07) is 27.4. The number of rotatable bonds is 5. The molecule has 4 aromatic rings. The molecule has 3 aromatic carbocycles. The summed E-state index contributed by atoms with van der Waals surface area (Å²) in [5, 5.41) is 0.691. The molecule has 0 bridgehead atoms. The van der Waals surface area contributed by atoms with E-state index in [1.165, 1.54) is 0 Å². The number of ether oxygens (including phenoxy) is 2. The number of fused-ring (bicyclic) bond motifs is 1. The van der Waals surface area contributed by atoms with Crippen molar-refractivity contribution in [3.8, 4) is 22.4 Å². The first-order valence-corrected chi connectivity index (χ1v) is 11.3. The van der Waals surface area contributed by atoms with Crippen LogP contribution >= 0.6 is 0 Å². The molecular weight excluding hydrogens is 428 g/mol. The maximum Gasteiger partial charge on any atom is 0.339 e. The van der Waals surface area contributed by atoms with Gasteiger partial charge in [0.15, 0.2) is 6.61 Å². The first-order chi connectivity index (χ1) is 16.7. The minimum Gasteiger partial charge on any atom is -0.452 e. The standard InChI is InChI=1S/C28H24N2O4/c31-27(30-14-16-33-17-15-30)19-34-28(32)24-18-26(29-25-9-5-4-8-23(24)25)22-12-10-21(11-13-22)20-6-2-1-3-7-20/h1-13,18H,14-17,19H2. The fourth-order valence-corrected chi connectivity index (χ4v) is 4.07. The summed E-state index contributed by atoms with van der Waals surface area (Å²) in [6.07, 6.45) is 0. The van der Waals surface area contributed by atoms with Gasteiger partial charge in [-0.25, -0.2) is 9.78 Å². The predicted octanol–water partition coefficient (Wildman–Crippen LogP) is 4.58. The lowest BCUT2D eigenvalue weighted by atomic mass is 10.0. The molecule has 0 N–H and O–H groups in total. The average Bonchev–Trinajstić information content (AvgIpc) is 2.92. The van der Waals surface area contributed by atoms with Crippen LogP contribution in [0.4, 0.5) is 0 Å². The largest absolute Gasteiger partial charge is 0.452 e. The van der Waals surface area contributed by atoms with Crippen LogP contribution in [-0.2, 0) is 14.3 Å². The Morgan fingerprint density at radius 1 is 0.824 bits per heavy atom. The number of esters is 1. The molecule has 0 spiro atoms. The molecule has 6 heteroatoms. The number of pyridine rings is 1. The Kier molecular flexibility index (Phi) is 6.31. The molecule has 5 rings (SSSR count). The second-order valence-corrected chi connectivity index (χ2v) is 8.08. The lowest BCUT2D eigenvalue weighted by Gasteiger charge is -2.26. The van der Waals surface area contributed by atoms with Crippen LogP contribution in [0.15, 0.2) is 84.9 Å². The van der Waals surface area contributed by atoms with Crippen LogP contribution in [0.5, 0.6) is 0 Å². The molecule has 34 heavy (non-hydrogen) atoms. The molecule has 0 atom stereocenters. The van der Waals surface area contributed by atoms with Crippen LogP contribution in [0.1, 0.15) is 10.4 Å². The van der Waals surface area contributed by atoms with Crippen molar-refractivity contribution in [1.82, 2.24) is 9.88 Å². The SMILES string of the molecule is O=C(OCC(=O)N1CCOCC1)c1cc(-c2ccc(-c3ccccc3)cc2)nc2ccccc12. The summed E-state index contributed by atoms with van der Waals surface area (Å²) in [5.41, 5.74) is 4.89. The molecule has 2 heterocycles. The maximum absolute atomic E-state index is 13.0. The number of hydrogen-bond donors (Lipinski definition) is 0. The summed E-state index contributed by atoms with van der Waals surface area (Å²) in [7, 11) is 0. The van der Waals surface area contributed by atoms with Crippen molar-refractivity contribution in [3.63, 3.8) is 0 Å². The molecule has 0 radical (unpaired) electrons. The smallest absolute Gasteiger partial charge is 0.339 e. The second-order valence-electron chi connectivity index (χ2n) is 8.08. The monoisotopic (exact) mass is 452 g/mol. The third-order valence-electron chi connectivity index (χ3n) is 5.91. The van der Waals surface area contributed by atoms with E-state index in [4.69, 9.17) is 14.5 Å². The topological polar surface area (TPSA) is 68.7 Å². The van der Waals surface area contributed by atoms with E-state index in [1.54, 1.807) is 11.0 Å². The van der Waals surface area contributed by atoms with Crippen LogP contribution in [0.25, 0.3) is 33.3 Å². The number of aromatic nitrogens is 1. The van der Waals surface area contributed by atoms with Gasteiger partial charge in [0.05, 0.1) is 30.0 Å². The van der Waals surface area contributed by atoms with Crippen LogP contribution in [-0.4, -0.2) is 54.7 Å². The molecule has 1 aliphatic rings. The van der Waals surface area contributed by atoms with E-state index >= 15 is 0 Å². The van der Waals surface area contributed by atoms with Crippen molar-refractivity contribution in [2.75, 3.05) is 32.9 Å². The van der Waals surface area contributed by atoms with Gasteiger partial charge in [-0.2, -0.15) is 0 Å². The highest BCUT2D eigenvalue weighted by Gasteiger charge is 2.20. The van der Waals surface area contributed by atoms with E-state index in [0.29, 0.717) is 48.5 Å². The van der Waals surface area contributed by atoms with Crippen molar-refractivity contribution in [3.05, 3.63) is 90.5 Å². The van der Waals surface area contributed by atoms with Crippen LogP contribution < -0.4 is 0 Å². The van der Waals surface area contributed by atoms with Gasteiger partial charge in [-0.3, -0.25) is 4.79 Å². The molecule has 0 saturated carbocycles. The van der Waals surface area contributed by atoms with Crippen molar-refractivity contribution in [1.29, 1.82) is 0 Å². The number of hydrogen-bond acceptors (Lipinski definition) is 5. The van der Waals surface area contributed by atoms with Gasteiger partial charge in [0.2, 0.25) is 0 Å². The van der Waals surface area contributed by atoms with Crippen molar-refractivity contribution in [2.45, 2.75) is 0 Å². The first-order valence-electron chi connectivity index (χ1n) is 11.3. The summed E-state index contributed by atoms with van der Waals surface area (Å²) in [6.45, 7) is 1.73. The fraction of sp³-hybridized carbons (Fsp3) is 0.179. The van der Waals surface area contributed by atoms with Gasteiger partial charge in [0, 0.05) is 24.0 Å². The lowest BCUT2D eigenvalue weighted by Crippen LogP contribution is -2.42. The van der Waals surface area contributed by atoms with Crippen LogP contribution in [0.3, 0.4) is 0 Å². The summed E-state index contributed by atoms with van der Waals surface area (Å²) < 4.78 is 10.7. The highest BCUT2D eigenvalue weighted by Crippen LogP contribution is 2.28. The molecule has 1 fully saturated rings. The van der Waals surface area contributed by atoms with E-state index in [2.05, 4.69) is 12.1 Å². The van der Waals surface area contributed by atoms with Crippen molar-refractivity contribution >= 4 is 22.8 Å². The number of para-hydroxylation sites is 1. The quantitative estimate of drug-likeness (QED) is 0.415. The van der Waals surface area contributed by atoms with E-state index in [1.807, 2.05) is 66.7 Å². The van der Waals surface area contributed by atoms with E-state index < -0.39 is 5.97 Å². The Morgan fingerprint density at radius 3 is 2.24 bits per heavy atom. The average molecular weight is 453 g/mol. The second kappa shape index (κ2) is 9.85. The molecule has 1 aromatic heterocycles.